The van der Waals surface area contributed by atoms with E-state index in [2.05, 4.69) is 125 Å². The first-order valence-corrected chi connectivity index (χ1v) is 14.8. The fraction of sp³-hybridized carbons (Fsp3) is 0.273. The van der Waals surface area contributed by atoms with Gasteiger partial charge in [0.15, 0.2) is 0 Å². The number of benzene rings is 3. The first-order chi connectivity index (χ1) is 19.2. The van der Waals surface area contributed by atoms with Gasteiger partial charge in [0.1, 0.15) is 11.2 Å². The van der Waals surface area contributed by atoms with Crippen LogP contribution in [0.2, 0.25) is 0 Å². The minimum atomic E-state index is 0.909. The van der Waals surface area contributed by atoms with Crippen LogP contribution in [0.4, 0.5) is 11.5 Å². The lowest BCUT2D eigenvalue weighted by Crippen LogP contribution is -2.75. The average Bonchev–Trinajstić information content (AvgIpc) is 3.28. The summed E-state index contributed by atoms with van der Waals surface area (Å²) in [5.74, 6) is 2.01. The molecule has 0 amide bonds. The number of thioether (sulfide) groups is 1. The predicted molar refractivity (Wildman–Crippen MR) is 166 cm³/mol. The fourth-order valence-electron chi connectivity index (χ4n) is 5.07. The molecule has 1 aromatic heterocycles. The molecule has 1 aliphatic heterocycles. The largest absolute Gasteiger partial charge is 0.338 e. The Hall–Kier alpha value is -3.77. The van der Waals surface area contributed by atoms with E-state index in [1.807, 2.05) is 11.8 Å². The van der Waals surface area contributed by atoms with Crippen LogP contribution >= 0.6 is 11.8 Å². The van der Waals surface area contributed by atoms with E-state index in [-0.39, 0.29) is 0 Å². The van der Waals surface area contributed by atoms with Crippen LogP contribution in [-0.2, 0) is 0 Å². The Labute approximate surface area is 236 Å². The zero-order chi connectivity index (χ0) is 27.0. The van der Waals surface area contributed by atoms with Gasteiger partial charge in [0.05, 0.1) is 23.8 Å². The summed E-state index contributed by atoms with van der Waals surface area (Å²) in [6.45, 7) is 4.01. The second kappa shape index (κ2) is 12.9. The lowest BCUT2D eigenvalue weighted by atomic mass is 10.1. The Balaban J connectivity index is 1.43. The number of nitrogens with two attached hydrogens (primary N) is 1. The molecule has 6 heteroatoms. The average molecular weight is 538 g/mol. The van der Waals surface area contributed by atoms with Gasteiger partial charge in [-0.05, 0) is 67.7 Å². The van der Waals surface area contributed by atoms with Gasteiger partial charge < -0.3 is 4.90 Å². The molecular formula is C33H39N5S+2. The molecule has 4 aromatic rings. The zero-order valence-corrected chi connectivity index (χ0v) is 23.8. The number of nitrogens with zero attached hydrogens (tertiary/aromatic N) is 2. The summed E-state index contributed by atoms with van der Waals surface area (Å²) < 4.78 is 2.35. The van der Waals surface area contributed by atoms with Gasteiger partial charge in [-0.25, -0.2) is 0 Å². The molecule has 0 saturated heterocycles. The van der Waals surface area contributed by atoms with E-state index in [1.54, 1.807) is 0 Å². The quantitative estimate of drug-likeness (QED) is 0.103. The standard InChI is InChI=1S/C33H37N5S/c1-3-14-31(34)35-21-12-5-13-22-36-32-23-25(24-33-37(2)29-19-10-11-20-30(29)39-33)27-17-8-9-18-28(27)38(32)26-15-6-4-7-16-26/h4,6-11,15-20,23-24H,3,5,12-14,21-22H2,1-2H3,(H2,34,35)/p+2. The third-order valence-corrected chi connectivity index (χ3v) is 8.25. The minimum absolute atomic E-state index is 0.909. The monoisotopic (exact) mass is 537 g/mol. The first kappa shape index (κ1) is 26.8. The zero-order valence-electron chi connectivity index (χ0n) is 23.0. The summed E-state index contributed by atoms with van der Waals surface area (Å²) in [6, 6.07) is 30.2. The number of unbranched alkanes of at least 4 members (excludes halogenated alkanes) is 2. The number of fused-ring (bicyclic) bond motifs is 2. The molecule has 0 fully saturated rings. The molecule has 0 saturated carbocycles. The number of nitrogens with one attached hydrogen (secondary N) is 2. The van der Waals surface area contributed by atoms with Crippen LogP contribution in [-0.4, -0.2) is 26.0 Å². The lowest BCUT2D eigenvalue weighted by Gasteiger charge is -2.16. The molecule has 3 aromatic carbocycles. The van der Waals surface area contributed by atoms with Gasteiger partial charge in [-0.3, -0.25) is 16.0 Å². The van der Waals surface area contributed by atoms with Crippen molar-refractivity contribution < 1.29 is 9.56 Å². The van der Waals surface area contributed by atoms with Crippen molar-refractivity contribution in [3.05, 3.63) is 95.5 Å². The van der Waals surface area contributed by atoms with Crippen molar-refractivity contribution >= 4 is 46.1 Å². The van der Waals surface area contributed by atoms with E-state index in [9.17, 15) is 0 Å². The highest BCUT2D eigenvalue weighted by molar-refractivity contribution is 8.03. The molecule has 5 nitrogen and oxygen atoms in total. The topological polar surface area (TPSA) is 59.1 Å². The first-order valence-electron chi connectivity index (χ1n) is 14.0. The third kappa shape index (κ3) is 6.28. The van der Waals surface area contributed by atoms with Crippen molar-refractivity contribution in [1.82, 2.24) is 0 Å². The van der Waals surface area contributed by atoms with Gasteiger partial charge in [-0.1, -0.05) is 67.2 Å². The maximum absolute atomic E-state index is 6.01. The molecule has 39 heavy (non-hydrogen) atoms. The summed E-state index contributed by atoms with van der Waals surface area (Å²) in [5, 5.41) is 6.25. The van der Waals surface area contributed by atoms with Crippen LogP contribution in [0.25, 0.3) is 22.7 Å². The van der Waals surface area contributed by atoms with Gasteiger partial charge >= 0.3 is 0 Å². The van der Waals surface area contributed by atoms with Gasteiger partial charge in [-0.15, -0.1) is 0 Å². The number of pyridine rings is 1. The highest BCUT2D eigenvalue weighted by Gasteiger charge is 2.23. The van der Waals surface area contributed by atoms with Crippen LogP contribution in [0, 0.1) is 0 Å². The van der Waals surface area contributed by atoms with Crippen molar-refractivity contribution in [2.45, 2.75) is 43.9 Å². The second-order valence-corrected chi connectivity index (χ2v) is 11.0. The van der Waals surface area contributed by atoms with Gasteiger partial charge in [-0.2, -0.15) is 4.57 Å². The van der Waals surface area contributed by atoms with E-state index < -0.39 is 0 Å². The molecule has 0 aliphatic carbocycles. The van der Waals surface area contributed by atoms with Crippen molar-refractivity contribution in [1.29, 1.82) is 0 Å². The predicted octanol–water partition coefficient (Wildman–Crippen LogP) is 5.48. The van der Waals surface area contributed by atoms with Crippen LogP contribution in [0.3, 0.4) is 0 Å². The van der Waals surface area contributed by atoms with E-state index >= 15 is 0 Å². The van der Waals surface area contributed by atoms with Crippen LogP contribution < -0.4 is 25.5 Å². The second-order valence-electron chi connectivity index (χ2n) is 9.97. The smallest absolute Gasteiger partial charge is 0.280 e. The Morgan fingerprint density at radius 3 is 2.56 bits per heavy atom. The van der Waals surface area contributed by atoms with E-state index in [1.165, 1.54) is 32.1 Å². The van der Waals surface area contributed by atoms with E-state index in [0.717, 1.165) is 62.5 Å². The summed E-state index contributed by atoms with van der Waals surface area (Å²) in [5.41, 5.74) is 10.8. The number of hydrogen-bond acceptors (Lipinski definition) is 3. The van der Waals surface area contributed by atoms with Crippen molar-refractivity contribution in [3.8, 4) is 5.69 Å². The fourth-order valence-corrected chi connectivity index (χ4v) is 6.17. The highest BCUT2D eigenvalue weighted by atomic mass is 32.2. The van der Waals surface area contributed by atoms with Gasteiger partial charge in [0.25, 0.3) is 5.82 Å². The molecule has 0 spiro atoms. The van der Waals surface area contributed by atoms with E-state index in [0.29, 0.717) is 0 Å². The van der Waals surface area contributed by atoms with Crippen molar-refractivity contribution in [2.75, 3.05) is 30.4 Å². The summed E-state index contributed by atoms with van der Waals surface area (Å²) in [4.78, 5) is 6.94. The van der Waals surface area contributed by atoms with Crippen molar-refractivity contribution in [3.63, 3.8) is 0 Å². The normalized spacial score (nSPS) is 14.3. The number of para-hydroxylation sites is 3. The molecule has 0 unspecified atom stereocenters. The molecular weight excluding hydrogens is 498 g/mol. The molecule has 5 rings (SSSR count). The van der Waals surface area contributed by atoms with Crippen LogP contribution in [0.1, 0.15) is 44.6 Å². The highest BCUT2D eigenvalue weighted by Crippen LogP contribution is 2.45. The Bertz CT molecular complexity index is 1480. The van der Waals surface area contributed by atoms with Crippen LogP contribution in [0.15, 0.2) is 94.9 Å². The maximum Gasteiger partial charge on any atom is 0.280 e. The lowest BCUT2D eigenvalue weighted by molar-refractivity contribution is -0.551. The molecule has 0 bridgehead atoms. The van der Waals surface area contributed by atoms with Crippen LogP contribution in [0.5, 0.6) is 0 Å². The number of amidine groups is 1. The number of aromatic nitrogens is 1. The summed E-state index contributed by atoms with van der Waals surface area (Å²) >= 11 is 1.83. The SMILES string of the molecule is CCCC(N)=[NH+]CCCCCNc1cc(C=C2Sc3ccccc3N2C)c2ccccc2[n+]1-c1ccccc1. The Morgan fingerprint density at radius 1 is 0.974 bits per heavy atom. The summed E-state index contributed by atoms with van der Waals surface area (Å²) in [7, 11) is 2.15. The van der Waals surface area contributed by atoms with Gasteiger partial charge in [0, 0.05) is 29.8 Å². The molecule has 2 heterocycles. The maximum atomic E-state index is 6.01. The molecule has 200 valence electrons. The number of anilines is 2. The molecule has 4 N–H and O–H groups in total. The molecule has 0 radical (unpaired) electrons. The molecule has 0 atom stereocenters. The van der Waals surface area contributed by atoms with Crippen molar-refractivity contribution in [2.24, 2.45) is 5.73 Å². The third-order valence-electron chi connectivity index (χ3n) is 7.09. The Kier molecular flexibility index (Phi) is 8.84. The Morgan fingerprint density at radius 2 is 1.74 bits per heavy atom. The summed E-state index contributed by atoms with van der Waals surface area (Å²) in [6.07, 6.45) is 7.72. The number of rotatable bonds is 11. The minimum Gasteiger partial charge on any atom is -0.338 e. The van der Waals surface area contributed by atoms with E-state index in [4.69, 9.17) is 5.73 Å². The molecule has 1 aliphatic rings. The van der Waals surface area contributed by atoms with Gasteiger partial charge in [0.2, 0.25) is 5.84 Å². The number of hydrogen-bond donors (Lipinski definition) is 3.